The molecule has 0 radical (unpaired) electrons. The number of nitro groups is 1. The fourth-order valence-corrected chi connectivity index (χ4v) is 4.06. The second kappa shape index (κ2) is 7.76. The van der Waals surface area contributed by atoms with Crippen molar-refractivity contribution in [2.75, 3.05) is 0 Å². The van der Waals surface area contributed by atoms with E-state index in [1.165, 1.54) is 29.7 Å². The molecule has 2 heterocycles. The van der Waals surface area contributed by atoms with E-state index in [4.69, 9.17) is 5.11 Å². The maximum Gasteiger partial charge on any atom is 0.323 e. The van der Waals surface area contributed by atoms with E-state index in [2.05, 4.69) is 10.5 Å². The fourth-order valence-electron chi connectivity index (χ4n) is 3.13. The average molecular weight is 422 g/mol. The van der Waals surface area contributed by atoms with E-state index < -0.39 is 16.8 Å². The van der Waals surface area contributed by atoms with Gasteiger partial charge in [-0.15, -0.1) is 11.3 Å². The van der Waals surface area contributed by atoms with Crippen molar-refractivity contribution in [3.63, 3.8) is 0 Å². The van der Waals surface area contributed by atoms with Crippen LogP contribution in [0.2, 0.25) is 0 Å². The van der Waals surface area contributed by atoms with Crippen molar-refractivity contribution < 1.29 is 19.6 Å². The lowest BCUT2D eigenvalue weighted by molar-refractivity contribution is -0.384. The number of aromatic nitrogens is 1. The number of carboxylic acids is 1. The minimum Gasteiger partial charge on any atom is -0.480 e. The predicted octanol–water partition coefficient (Wildman–Crippen LogP) is 3.61. The highest BCUT2D eigenvalue weighted by atomic mass is 32.1. The number of amides is 1. The lowest BCUT2D eigenvalue weighted by atomic mass is 10.2. The van der Waals surface area contributed by atoms with Crippen molar-refractivity contribution in [3.8, 4) is 0 Å². The SMILES string of the molecule is O=C(O)Cn1cc(/C=N\NC(=O)c2cc3cc([N+](=O)[O-])ccc3s2)c2ccccc21. The lowest BCUT2D eigenvalue weighted by Gasteiger charge is -1.99. The highest BCUT2D eigenvalue weighted by molar-refractivity contribution is 7.20. The number of carbonyl (C=O) groups excluding carboxylic acids is 1. The zero-order valence-electron chi connectivity index (χ0n) is 15.3. The molecule has 4 aromatic rings. The summed E-state index contributed by atoms with van der Waals surface area (Å²) in [6.07, 6.45) is 3.11. The maximum absolute atomic E-state index is 12.4. The molecule has 0 saturated carbocycles. The van der Waals surface area contributed by atoms with Crippen LogP contribution in [0.1, 0.15) is 15.2 Å². The molecule has 0 spiro atoms. The van der Waals surface area contributed by atoms with Crippen LogP contribution < -0.4 is 5.43 Å². The van der Waals surface area contributed by atoms with Crippen LogP contribution in [-0.4, -0.2) is 32.7 Å². The first-order chi connectivity index (χ1) is 14.4. The summed E-state index contributed by atoms with van der Waals surface area (Å²) in [7, 11) is 0. The van der Waals surface area contributed by atoms with Gasteiger partial charge in [0.2, 0.25) is 0 Å². The van der Waals surface area contributed by atoms with Gasteiger partial charge < -0.3 is 9.67 Å². The van der Waals surface area contributed by atoms with Gasteiger partial charge in [-0.2, -0.15) is 5.10 Å². The number of thiophene rings is 1. The number of nitrogens with zero attached hydrogens (tertiary/aromatic N) is 3. The smallest absolute Gasteiger partial charge is 0.323 e. The van der Waals surface area contributed by atoms with E-state index in [0.717, 1.165) is 15.6 Å². The van der Waals surface area contributed by atoms with Crippen LogP contribution >= 0.6 is 11.3 Å². The molecular formula is C20H14N4O5S. The van der Waals surface area contributed by atoms with Gasteiger partial charge in [0, 0.05) is 44.9 Å². The number of fused-ring (bicyclic) bond motifs is 2. The van der Waals surface area contributed by atoms with Gasteiger partial charge in [0.25, 0.3) is 11.6 Å². The van der Waals surface area contributed by atoms with Crippen LogP contribution in [0.3, 0.4) is 0 Å². The Bertz CT molecular complexity index is 1340. The molecule has 0 atom stereocenters. The van der Waals surface area contributed by atoms with Gasteiger partial charge >= 0.3 is 5.97 Å². The molecular weight excluding hydrogens is 408 g/mol. The van der Waals surface area contributed by atoms with Crippen LogP contribution in [0.5, 0.6) is 0 Å². The third-order valence-electron chi connectivity index (χ3n) is 4.43. The third kappa shape index (κ3) is 3.76. The number of hydrogen-bond donors (Lipinski definition) is 2. The molecule has 0 unspecified atom stereocenters. The largest absolute Gasteiger partial charge is 0.480 e. The zero-order chi connectivity index (χ0) is 21.3. The molecule has 150 valence electrons. The Morgan fingerprint density at radius 2 is 2.03 bits per heavy atom. The predicted molar refractivity (Wildman–Crippen MR) is 113 cm³/mol. The van der Waals surface area contributed by atoms with Crippen molar-refractivity contribution >= 4 is 56.1 Å². The number of benzene rings is 2. The molecule has 30 heavy (non-hydrogen) atoms. The summed E-state index contributed by atoms with van der Waals surface area (Å²) in [5.74, 6) is -1.40. The standard InChI is InChI=1S/C20H14N4O5S/c25-19(26)11-23-10-13(15-3-1-2-4-16(15)23)9-21-22-20(27)18-8-12-7-14(24(28)29)5-6-17(12)30-18/h1-10H,11H2,(H,22,27)(H,25,26)/b21-9-. The number of rotatable bonds is 6. The summed E-state index contributed by atoms with van der Waals surface area (Å²) in [5.41, 5.74) is 3.82. The Morgan fingerprint density at radius 1 is 1.23 bits per heavy atom. The normalized spacial score (nSPS) is 11.3. The molecule has 0 aliphatic rings. The number of aliphatic carboxylic acids is 1. The minimum atomic E-state index is -0.961. The molecule has 2 N–H and O–H groups in total. The Balaban J connectivity index is 1.55. The number of hydrazone groups is 1. The number of para-hydroxylation sites is 1. The van der Waals surface area contributed by atoms with Crippen molar-refractivity contribution in [2.45, 2.75) is 6.54 Å². The number of carboxylic acid groups (broad SMARTS) is 1. The molecule has 4 rings (SSSR count). The number of hydrogen-bond acceptors (Lipinski definition) is 6. The van der Waals surface area contributed by atoms with Crippen LogP contribution in [0, 0.1) is 10.1 Å². The Hall–Kier alpha value is -4.05. The van der Waals surface area contributed by atoms with Crippen LogP contribution in [0.4, 0.5) is 5.69 Å². The van der Waals surface area contributed by atoms with E-state index in [9.17, 15) is 19.7 Å². The van der Waals surface area contributed by atoms with Gasteiger partial charge in [-0.25, -0.2) is 5.43 Å². The summed E-state index contributed by atoms with van der Waals surface area (Å²) >= 11 is 1.21. The zero-order valence-corrected chi connectivity index (χ0v) is 16.1. The van der Waals surface area contributed by atoms with Gasteiger partial charge in [-0.3, -0.25) is 19.7 Å². The first-order valence-corrected chi connectivity index (χ1v) is 9.55. The minimum absolute atomic E-state index is 0.0389. The molecule has 2 aromatic carbocycles. The summed E-state index contributed by atoms with van der Waals surface area (Å²) in [4.78, 5) is 34.3. The quantitative estimate of drug-likeness (QED) is 0.279. The highest BCUT2D eigenvalue weighted by Crippen LogP contribution is 2.29. The average Bonchev–Trinajstić information content (AvgIpc) is 3.29. The molecule has 0 aliphatic carbocycles. The number of non-ortho nitro benzene ring substituents is 1. The van der Waals surface area contributed by atoms with Crippen molar-refractivity contribution in [1.29, 1.82) is 0 Å². The Labute approximate surface area is 173 Å². The second-order valence-electron chi connectivity index (χ2n) is 6.41. The first kappa shape index (κ1) is 19.3. The summed E-state index contributed by atoms with van der Waals surface area (Å²) in [6.45, 7) is -0.186. The Kier molecular flexibility index (Phi) is 4.98. The lowest BCUT2D eigenvalue weighted by Crippen LogP contribution is -2.16. The number of nitrogens with one attached hydrogen (secondary N) is 1. The van der Waals surface area contributed by atoms with Gasteiger partial charge in [0.05, 0.1) is 16.0 Å². The van der Waals surface area contributed by atoms with Crippen LogP contribution in [-0.2, 0) is 11.3 Å². The molecule has 9 nitrogen and oxygen atoms in total. The van der Waals surface area contributed by atoms with Crippen molar-refractivity contribution in [3.05, 3.63) is 75.3 Å². The summed E-state index contributed by atoms with van der Waals surface area (Å²) in [6, 6.07) is 13.3. The third-order valence-corrected chi connectivity index (χ3v) is 5.54. The molecule has 0 saturated heterocycles. The second-order valence-corrected chi connectivity index (χ2v) is 7.50. The van der Waals surface area contributed by atoms with Crippen molar-refractivity contribution in [1.82, 2.24) is 9.99 Å². The number of nitro benzene ring substituents is 1. The topological polar surface area (TPSA) is 127 Å². The molecule has 0 fully saturated rings. The van der Waals surface area contributed by atoms with Gasteiger partial charge in [-0.1, -0.05) is 18.2 Å². The summed E-state index contributed by atoms with van der Waals surface area (Å²) < 4.78 is 2.35. The Morgan fingerprint density at radius 3 is 2.80 bits per heavy atom. The van der Waals surface area contributed by atoms with E-state index >= 15 is 0 Å². The van der Waals surface area contributed by atoms with Crippen LogP contribution in [0.25, 0.3) is 21.0 Å². The maximum atomic E-state index is 12.4. The van der Waals surface area contributed by atoms with E-state index in [-0.39, 0.29) is 12.2 Å². The van der Waals surface area contributed by atoms with Gasteiger partial charge in [-0.05, 0) is 18.2 Å². The van der Waals surface area contributed by atoms with Crippen molar-refractivity contribution in [2.24, 2.45) is 5.10 Å². The van der Waals surface area contributed by atoms with E-state index in [1.807, 2.05) is 24.3 Å². The molecule has 1 amide bonds. The molecule has 0 bridgehead atoms. The monoisotopic (exact) mass is 422 g/mol. The van der Waals surface area contributed by atoms with Crippen LogP contribution in [0.15, 0.2) is 59.8 Å². The molecule has 2 aromatic heterocycles. The fraction of sp³-hybridized carbons (Fsp3) is 0.0500. The van der Waals surface area contributed by atoms with E-state index in [0.29, 0.717) is 15.8 Å². The number of carbonyl (C=O) groups is 2. The van der Waals surface area contributed by atoms with E-state index in [1.54, 1.807) is 22.9 Å². The summed E-state index contributed by atoms with van der Waals surface area (Å²) in [5, 5.41) is 25.4. The van der Waals surface area contributed by atoms with Gasteiger partial charge in [0.1, 0.15) is 6.54 Å². The molecule has 10 heteroatoms. The van der Waals surface area contributed by atoms with Gasteiger partial charge in [0.15, 0.2) is 0 Å². The first-order valence-electron chi connectivity index (χ1n) is 8.73. The highest BCUT2D eigenvalue weighted by Gasteiger charge is 2.13. The molecule has 0 aliphatic heterocycles.